The second kappa shape index (κ2) is 8.51. The summed E-state index contributed by atoms with van der Waals surface area (Å²) < 4.78 is 36.3. The van der Waals surface area contributed by atoms with Crippen LogP contribution in [0.2, 0.25) is 5.02 Å². The number of hydrogen-bond donors (Lipinski definition) is 2. The lowest BCUT2D eigenvalue weighted by Gasteiger charge is -2.14. The summed E-state index contributed by atoms with van der Waals surface area (Å²) >= 11 is 5.76. The highest BCUT2D eigenvalue weighted by atomic mass is 35.5. The Morgan fingerprint density at radius 3 is 2.44 bits per heavy atom. The molecule has 0 spiro atoms. The largest absolute Gasteiger partial charge is 0.452 e. The molecule has 0 aliphatic carbocycles. The van der Waals surface area contributed by atoms with E-state index in [1.54, 1.807) is 24.3 Å². The third-order valence-corrected chi connectivity index (χ3v) is 5.33. The molecule has 1 aromatic carbocycles. The number of carbonyl (C=O) groups is 2. The molecule has 0 aliphatic rings. The van der Waals surface area contributed by atoms with E-state index in [9.17, 15) is 18.0 Å². The third kappa shape index (κ3) is 5.52. The van der Waals surface area contributed by atoms with Crippen LogP contribution in [0.4, 0.5) is 5.69 Å². The molecule has 2 aromatic rings. The maximum atomic E-state index is 12.2. The predicted molar refractivity (Wildman–Crippen MR) is 96.8 cm³/mol. The van der Waals surface area contributed by atoms with Gasteiger partial charge in [-0.05, 0) is 45.0 Å². The lowest BCUT2D eigenvalue weighted by molar-refractivity contribution is -0.151. The molecular formula is C16H18ClN3O6S. The molecule has 146 valence electrons. The van der Waals surface area contributed by atoms with Gasteiger partial charge in [0.2, 0.25) is 10.0 Å². The molecule has 0 radical (unpaired) electrons. The van der Waals surface area contributed by atoms with Crippen LogP contribution in [0.25, 0.3) is 0 Å². The van der Waals surface area contributed by atoms with Crippen LogP contribution in [0.15, 0.2) is 33.7 Å². The molecule has 0 saturated carbocycles. The van der Waals surface area contributed by atoms with Crippen LogP contribution in [-0.2, 0) is 24.3 Å². The van der Waals surface area contributed by atoms with Gasteiger partial charge < -0.3 is 14.6 Å². The summed E-state index contributed by atoms with van der Waals surface area (Å²) in [6, 6.07) is 6.37. The molecule has 0 bridgehead atoms. The molecule has 0 fully saturated rings. The number of halogens is 1. The van der Waals surface area contributed by atoms with Gasteiger partial charge in [-0.2, -0.15) is 4.72 Å². The third-order valence-electron chi connectivity index (χ3n) is 3.43. The van der Waals surface area contributed by atoms with Crippen LogP contribution in [0.3, 0.4) is 0 Å². The topological polar surface area (TPSA) is 128 Å². The van der Waals surface area contributed by atoms with Crippen molar-refractivity contribution in [3.8, 4) is 0 Å². The Morgan fingerprint density at radius 2 is 1.89 bits per heavy atom. The molecule has 0 aliphatic heterocycles. The number of anilines is 1. The van der Waals surface area contributed by atoms with Gasteiger partial charge in [-0.15, -0.1) is 0 Å². The number of aromatic nitrogens is 1. The molecule has 2 N–H and O–H groups in total. The van der Waals surface area contributed by atoms with Gasteiger partial charge in [0.25, 0.3) is 5.91 Å². The fraction of sp³-hybridized carbons (Fsp3) is 0.312. The number of aryl methyl sites for hydroxylation is 2. The fourth-order valence-corrected chi connectivity index (χ4v) is 3.57. The summed E-state index contributed by atoms with van der Waals surface area (Å²) in [6.07, 6.45) is -1.13. The molecule has 11 heteroatoms. The van der Waals surface area contributed by atoms with Crippen molar-refractivity contribution < 1.29 is 27.3 Å². The minimum atomic E-state index is -4.00. The van der Waals surface area contributed by atoms with E-state index in [1.807, 2.05) is 0 Å². The quantitative estimate of drug-likeness (QED) is 0.659. The number of nitrogens with one attached hydrogen (secondary N) is 2. The molecule has 27 heavy (non-hydrogen) atoms. The second-order valence-electron chi connectivity index (χ2n) is 5.61. The highest BCUT2D eigenvalue weighted by molar-refractivity contribution is 7.89. The smallest absolute Gasteiger partial charge is 0.321 e. The van der Waals surface area contributed by atoms with E-state index < -0.39 is 34.5 Å². The summed E-state index contributed by atoms with van der Waals surface area (Å²) in [5.74, 6) is -1.38. The Hall–Kier alpha value is -2.43. The van der Waals surface area contributed by atoms with E-state index in [0.29, 0.717) is 10.7 Å². The van der Waals surface area contributed by atoms with Crippen molar-refractivity contribution in [2.45, 2.75) is 31.8 Å². The van der Waals surface area contributed by atoms with Crippen molar-refractivity contribution in [1.82, 2.24) is 9.88 Å². The number of amides is 1. The van der Waals surface area contributed by atoms with Gasteiger partial charge in [0.05, 0.1) is 0 Å². The second-order valence-corrected chi connectivity index (χ2v) is 7.75. The molecule has 1 aromatic heterocycles. The monoisotopic (exact) mass is 415 g/mol. The van der Waals surface area contributed by atoms with Crippen molar-refractivity contribution in [2.75, 3.05) is 11.9 Å². The standard InChI is InChI=1S/C16H18ClN3O6S/c1-9-15(10(2)26-20-9)27(23,24)18-8-14(21)25-11(3)16(22)19-13-6-4-12(17)5-7-13/h4-7,11,18H,8H2,1-3H3,(H,19,22)/t11-/m0/s1. The molecule has 0 saturated heterocycles. The Labute approximate surface area is 161 Å². The van der Waals surface area contributed by atoms with Crippen LogP contribution in [-0.4, -0.2) is 38.1 Å². The number of benzene rings is 1. The molecule has 1 heterocycles. The molecule has 1 amide bonds. The predicted octanol–water partition coefficient (Wildman–Crippen LogP) is 1.79. The van der Waals surface area contributed by atoms with Gasteiger partial charge in [-0.25, -0.2) is 8.42 Å². The van der Waals surface area contributed by atoms with Gasteiger partial charge in [0.15, 0.2) is 11.9 Å². The van der Waals surface area contributed by atoms with E-state index in [2.05, 4.69) is 15.2 Å². The lowest BCUT2D eigenvalue weighted by Crippen LogP contribution is -2.36. The van der Waals surface area contributed by atoms with Crippen molar-refractivity contribution in [3.05, 3.63) is 40.7 Å². The van der Waals surface area contributed by atoms with Gasteiger partial charge >= 0.3 is 5.97 Å². The minimum absolute atomic E-state index is 0.101. The first kappa shape index (κ1) is 20.9. The van der Waals surface area contributed by atoms with E-state index in [4.69, 9.17) is 20.9 Å². The number of nitrogens with zero attached hydrogens (tertiary/aromatic N) is 1. The Morgan fingerprint density at radius 1 is 1.26 bits per heavy atom. The number of hydrogen-bond acceptors (Lipinski definition) is 7. The highest BCUT2D eigenvalue weighted by Gasteiger charge is 2.26. The summed E-state index contributed by atoms with van der Waals surface area (Å²) in [5, 5.41) is 6.62. The van der Waals surface area contributed by atoms with Crippen molar-refractivity contribution in [2.24, 2.45) is 0 Å². The van der Waals surface area contributed by atoms with E-state index in [0.717, 1.165) is 0 Å². The molecule has 1 atom stereocenters. The Kier molecular flexibility index (Phi) is 6.58. The first-order valence-corrected chi connectivity index (χ1v) is 9.64. The summed E-state index contributed by atoms with van der Waals surface area (Å²) in [6.45, 7) is 3.62. The van der Waals surface area contributed by atoms with E-state index in [1.165, 1.54) is 20.8 Å². The minimum Gasteiger partial charge on any atom is -0.452 e. The zero-order valence-electron chi connectivity index (χ0n) is 14.8. The van der Waals surface area contributed by atoms with Gasteiger partial charge in [0.1, 0.15) is 17.1 Å². The van der Waals surface area contributed by atoms with Crippen LogP contribution in [0, 0.1) is 13.8 Å². The Bertz CT molecular complexity index is 920. The summed E-state index contributed by atoms with van der Waals surface area (Å²) in [5.41, 5.74) is 0.649. The maximum absolute atomic E-state index is 12.2. The summed E-state index contributed by atoms with van der Waals surface area (Å²) in [4.78, 5) is 23.7. The van der Waals surface area contributed by atoms with E-state index in [-0.39, 0.29) is 16.3 Å². The maximum Gasteiger partial charge on any atom is 0.321 e. The van der Waals surface area contributed by atoms with Crippen LogP contribution in [0.5, 0.6) is 0 Å². The molecule has 0 unspecified atom stereocenters. The number of sulfonamides is 1. The summed E-state index contributed by atoms with van der Waals surface area (Å²) in [7, 11) is -4.00. The fourth-order valence-electron chi connectivity index (χ4n) is 2.15. The number of carbonyl (C=O) groups excluding carboxylic acids is 2. The van der Waals surface area contributed by atoms with Crippen LogP contribution in [0.1, 0.15) is 18.4 Å². The SMILES string of the molecule is Cc1noc(C)c1S(=O)(=O)NCC(=O)O[C@@H](C)C(=O)Nc1ccc(Cl)cc1. The average Bonchev–Trinajstić information content (AvgIpc) is 2.94. The number of esters is 1. The van der Waals surface area contributed by atoms with Gasteiger partial charge in [-0.1, -0.05) is 16.8 Å². The van der Waals surface area contributed by atoms with Crippen molar-refractivity contribution in [1.29, 1.82) is 0 Å². The highest BCUT2D eigenvalue weighted by Crippen LogP contribution is 2.18. The molecular weight excluding hydrogens is 398 g/mol. The average molecular weight is 416 g/mol. The van der Waals surface area contributed by atoms with Gasteiger partial charge in [-0.3, -0.25) is 9.59 Å². The molecule has 9 nitrogen and oxygen atoms in total. The van der Waals surface area contributed by atoms with Gasteiger partial charge in [0, 0.05) is 10.7 Å². The van der Waals surface area contributed by atoms with Crippen LogP contribution < -0.4 is 10.0 Å². The lowest BCUT2D eigenvalue weighted by atomic mass is 10.3. The number of rotatable bonds is 7. The number of ether oxygens (including phenoxy) is 1. The first-order chi connectivity index (χ1) is 12.6. The normalized spacial score (nSPS) is 12.4. The van der Waals surface area contributed by atoms with E-state index >= 15 is 0 Å². The first-order valence-electron chi connectivity index (χ1n) is 7.78. The van der Waals surface area contributed by atoms with Crippen molar-refractivity contribution in [3.63, 3.8) is 0 Å². The zero-order valence-corrected chi connectivity index (χ0v) is 16.3. The van der Waals surface area contributed by atoms with Crippen molar-refractivity contribution >= 4 is 39.2 Å². The molecule has 2 rings (SSSR count). The van der Waals surface area contributed by atoms with Crippen LogP contribution >= 0.6 is 11.6 Å². The zero-order chi connectivity index (χ0) is 20.2. The Balaban J connectivity index is 1.89.